The van der Waals surface area contributed by atoms with Gasteiger partial charge in [0.25, 0.3) is 5.56 Å². The molecule has 1 atom stereocenters. The molecule has 0 saturated carbocycles. The predicted molar refractivity (Wildman–Crippen MR) is 126 cm³/mol. The molecule has 0 aliphatic heterocycles. The Hall–Kier alpha value is -4.60. The lowest BCUT2D eigenvalue weighted by atomic mass is 10.1. The van der Waals surface area contributed by atoms with Gasteiger partial charge < -0.3 is 19.6 Å². The van der Waals surface area contributed by atoms with E-state index in [9.17, 15) is 19.5 Å². The number of esters is 1. The fraction of sp³-hybridized carbons (Fsp3) is 0.167. The van der Waals surface area contributed by atoms with Gasteiger partial charge in [-0.3, -0.25) is 14.8 Å². The number of ether oxygens (including phenoxy) is 2. The standard InChI is InChI=1S/C24H22N4O6/c1-33-20-10-6-5-9-19(20)28-22(30)16(21(29)27-24(28)32)13-26-18(23(31)34-2)11-14-12-25-17-8-4-3-7-15(14)17/h3-10,12-13,18,25,30H,11H2,1-2H3,(H,27,29,32). The van der Waals surface area contributed by atoms with Gasteiger partial charge in [0.1, 0.15) is 11.3 Å². The molecule has 0 fully saturated rings. The number of carbonyl (C=O) groups is 1. The Morgan fingerprint density at radius 1 is 1.15 bits per heavy atom. The van der Waals surface area contributed by atoms with E-state index < -0.39 is 29.1 Å². The predicted octanol–water partition coefficient (Wildman–Crippen LogP) is 1.92. The second kappa shape index (κ2) is 9.49. The summed E-state index contributed by atoms with van der Waals surface area (Å²) in [4.78, 5) is 46.9. The lowest BCUT2D eigenvalue weighted by molar-refractivity contribution is -0.142. The monoisotopic (exact) mass is 462 g/mol. The Labute approximate surface area is 193 Å². The van der Waals surface area contributed by atoms with Crippen molar-refractivity contribution in [3.8, 4) is 17.3 Å². The molecular weight excluding hydrogens is 440 g/mol. The number of nitrogens with one attached hydrogen (secondary N) is 2. The summed E-state index contributed by atoms with van der Waals surface area (Å²) in [5, 5.41) is 11.7. The summed E-state index contributed by atoms with van der Waals surface area (Å²) in [7, 11) is 2.66. The first-order valence-electron chi connectivity index (χ1n) is 10.3. The van der Waals surface area contributed by atoms with E-state index >= 15 is 0 Å². The van der Waals surface area contributed by atoms with Crippen molar-refractivity contribution >= 4 is 23.1 Å². The van der Waals surface area contributed by atoms with E-state index in [-0.39, 0.29) is 17.7 Å². The number of rotatable bonds is 7. The molecule has 174 valence electrons. The normalized spacial score (nSPS) is 12.2. The highest BCUT2D eigenvalue weighted by molar-refractivity contribution is 5.87. The maximum Gasteiger partial charge on any atom is 0.335 e. The number of nitrogens with zero attached hydrogens (tertiary/aromatic N) is 2. The van der Waals surface area contributed by atoms with Gasteiger partial charge >= 0.3 is 11.7 Å². The molecule has 0 aliphatic carbocycles. The molecule has 4 rings (SSSR count). The van der Waals surface area contributed by atoms with Gasteiger partial charge in [0.15, 0.2) is 6.04 Å². The van der Waals surface area contributed by atoms with Gasteiger partial charge in [0.05, 0.1) is 19.9 Å². The second-order valence-corrected chi connectivity index (χ2v) is 7.38. The molecule has 0 aliphatic rings. The number of fused-ring (bicyclic) bond motifs is 1. The van der Waals surface area contributed by atoms with Crippen LogP contribution in [0.1, 0.15) is 11.1 Å². The minimum absolute atomic E-state index is 0.192. The van der Waals surface area contributed by atoms with Crippen LogP contribution in [0.4, 0.5) is 0 Å². The second-order valence-electron chi connectivity index (χ2n) is 7.38. The van der Waals surface area contributed by atoms with Crippen LogP contribution >= 0.6 is 0 Å². The average molecular weight is 462 g/mol. The Bertz CT molecular complexity index is 1500. The molecule has 0 amide bonds. The number of aromatic amines is 2. The number of carbonyl (C=O) groups excluding carboxylic acids is 1. The number of methoxy groups -OCH3 is 2. The van der Waals surface area contributed by atoms with Crippen molar-refractivity contribution in [2.24, 2.45) is 4.99 Å². The summed E-state index contributed by atoms with van der Waals surface area (Å²) in [5.41, 5.74) is -0.0380. The lowest BCUT2D eigenvalue weighted by Crippen LogP contribution is -2.32. The van der Waals surface area contributed by atoms with Crippen LogP contribution in [0.25, 0.3) is 16.6 Å². The van der Waals surface area contributed by atoms with E-state index in [1.807, 2.05) is 24.3 Å². The quantitative estimate of drug-likeness (QED) is 0.283. The highest BCUT2D eigenvalue weighted by Gasteiger charge is 2.22. The maximum absolute atomic E-state index is 12.5. The Balaban J connectivity index is 1.75. The SMILES string of the molecule is COC(=O)C(Cc1c[nH]c2ccccc12)N=Cc1c(O)n(-c2ccccc2OC)c(=O)[nH]c1=O. The van der Waals surface area contributed by atoms with Crippen molar-refractivity contribution in [1.29, 1.82) is 0 Å². The fourth-order valence-electron chi connectivity index (χ4n) is 3.70. The van der Waals surface area contributed by atoms with Crippen LogP contribution in [-0.4, -0.2) is 52.1 Å². The molecule has 2 aromatic heterocycles. The first-order valence-corrected chi connectivity index (χ1v) is 10.3. The van der Waals surface area contributed by atoms with E-state index in [1.54, 1.807) is 30.5 Å². The molecule has 10 nitrogen and oxygen atoms in total. The molecule has 4 aromatic rings. The number of para-hydroxylation sites is 3. The van der Waals surface area contributed by atoms with Crippen LogP contribution in [0.5, 0.6) is 11.6 Å². The van der Waals surface area contributed by atoms with E-state index in [2.05, 4.69) is 15.0 Å². The third-order valence-electron chi connectivity index (χ3n) is 5.39. The van der Waals surface area contributed by atoms with Gasteiger partial charge in [-0.05, 0) is 23.8 Å². The van der Waals surface area contributed by atoms with Crippen LogP contribution in [0, 0.1) is 0 Å². The number of benzene rings is 2. The van der Waals surface area contributed by atoms with Crippen LogP contribution in [-0.2, 0) is 16.0 Å². The summed E-state index contributed by atoms with van der Waals surface area (Å²) >= 11 is 0. The Morgan fingerprint density at radius 2 is 1.88 bits per heavy atom. The van der Waals surface area contributed by atoms with Gasteiger partial charge in [-0.2, -0.15) is 0 Å². The van der Waals surface area contributed by atoms with Crippen molar-refractivity contribution in [2.75, 3.05) is 14.2 Å². The van der Waals surface area contributed by atoms with Gasteiger partial charge in [-0.1, -0.05) is 30.3 Å². The van der Waals surface area contributed by atoms with Crippen molar-refractivity contribution in [3.05, 3.63) is 86.7 Å². The average Bonchev–Trinajstić information content (AvgIpc) is 3.25. The smallest absolute Gasteiger partial charge is 0.335 e. The first-order chi connectivity index (χ1) is 16.4. The molecular formula is C24H22N4O6. The molecule has 1 unspecified atom stereocenters. The fourth-order valence-corrected chi connectivity index (χ4v) is 3.70. The van der Waals surface area contributed by atoms with Crippen LogP contribution in [0.3, 0.4) is 0 Å². The summed E-state index contributed by atoms with van der Waals surface area (Å²) < 4.78 is 11.0. The van der Waals surface area contributed by atoms with Crippen molar-refractivity contribution < 1.29 is 19.4 Å². The minimum Gasteiger partial charge on any atom is -0.495 e. The number of hydrogen-bond donors (Lipinski definition) is 3. The molecule has 10 heteroatoms. The van der Waals surface area contributed by atoms with Gasteiger partial charge in [-0.25, -0.2) is 14.2 Å². The molecule has 2 heterocycles. The molecule has 0 radical (unpaired) electrons. The van der Waals surface area contributed by atoms with Crippen molar-refractivity contribution in [3.63, 3.8) is 0 Å². The maximum atomic E-state index is 12.5. The van der Waals surface area contributed by atoms with Gasteiger partial charge in [0.2, 0.25) is 5.88 Å². The number of aromatic hydroxyl groups is 1. The Kier molecular flexibility index (Phi) is 6.30. The zero-order chi connectivity index (χ0) is 24.2. The summed E-state index contributed by atoms with van der Waals surface area (Å²) in [6.45, 7) is 0. The van der Waals surface area contributed by atoms with E-state index in [4.69, 9.17) is 9.47 Å². The van der Waals surface area contributed by atoms with Crippen molar-refractivity contribution in [1.82, 2.24) is 14.5 Å². The highest BCUT2D eigenvalue weighted by atomic mass is 16.5. The zero-order valence-electron chi connectivity index (χ0n) is 18.4. The van der Waals surface area contributed by atoms with E-state index in [0.717, 1.165) is 27.2 Å². The molecule has 34 heavy (non-hydrogen) atoms. The molecule has 3 N–H and O–H groups in total. The van der Waals surface area contributed by atoms with Crippen LogP contribution in [0.2, 0.25) is 0 Å². The summed E-state index contributed by atoms with van der Waals surface area (Å²) in [5.74, 6) is -0.949. The van der Waals surface area contributed by atoms with Gasteiger partial charge in [0, 0.05) is 29.7 Å². The largest absolute Gasteiger partial charge is 0.495 e. The highest BCUT2D eigenvalue weighted by Crippen LogP contribution is 2.25. The lowest BCUT2D eigenvalue weighted by Gasteiger charge is -2.13. The van der Waals surface area contributed by atoms with E-state index in [1.165, 1.54) is 14.2 Å². The first kappa shape index (κ1) is 22.6. The third kappa shape index (κ3) is 4.20. The molecule has 2 aromatic carbocycles. The van der Waals surface area contributed by atoms with Crippen LogP contribution in [0.15, 0.2) is 69.3 Å². The van der Waals surface area contributed by atoms with Crippen LogP contribution < -0.4 is 16.0 Å². The number of aliphatic imine (C=N–C) groups is 1. The third-order valence-corrected chi connectivity index (χ3v) is 5.39. The van der Waals surface area contributed by atoms with Crippen molar-refractivity contribution in [2.45, 2.75) is 12.5 Å². The zero-order valence-corrected chi connectivity index (χ0v) is 18.4. The molecule has 0 spiro atoms. The number of H-pyrrole nitrogens is 2. The topological polar surface area (TPSA) is 139 Å². The number of hydrogen-bond acceptors (Lipinski definition) is 7. The summed E-state index contributed by atoms with van der Waals surface area (Å²) in [6, 6.07) is 13.1. The number of aromatic nitrogens is 3. The van der Waals surface area contributed by atoms with E-state index in [0.29, 0.717) is 5.75 Å². The minimum atomic E-state index is -0.991. The Morgan fingerprint density at radius 3 is 2.65 bits per heavy atom. The molecule has 0 bridgehead atoms. The van der Waals surface area contributed by atoms with Gasteiger partial charge in [-0.15, -0.1) is 0 Å². The summed E-state index contributed by atoms with van der Waals surface area (Å²) in [6.07, 6.45) is 3.04. The molecule has 0 saturated heterocycles.